The molecule has 3 rings (SSSR count). The predicted octanol–water partition coefficient (Wildman–Crippen LogP) is 1.86. The van der Waals surface area contributed by atoms with Crippen molar-refractivity contribution in [2.24, 2.45) is 0 Å². The first kappa shape index (κ1) is 13.3. The molecule has 2 saturated heterocycles. The Kier molecular flexibility index (Phi) is 3.57. The van der Waals surface area contributed by atoms with Crippen LogP contribution in [0.3, 0.4) is 0 Å². The van der Waals surface area contributed by atoms with Gasteiger partial charge in [0.2, 0.25) is 0 Å². The molecule has 0 bridgehead atoms. The highest BCUT2D eigenvalue weighted by Crippen LogP contribution is 2.32. The van der Waals surface area contributed by atoms with Crippen LogP contribution in [0, 0.1) is 6.92 Å². The molecule has 1 amide bonds. The molecule has 0 radical (unpaired) electrons. The van der Waals surface area contributed by atoms with Crippen molar-refractivity contribution in [1.82, 2.24) is 14.8 Å². The van der Waals surface area contributed by atoms with Crippen LogP contribution < -0.4 is 0 Å². The molecule has 0 aliphatic carbocycles. The fourth-order valence-electron chi connectivity index (χ4n) is 3.56. The van der Waals surface area contributed by atoms with Gasteiger partial charge in [-0.2, -0.15) is 0 Å². The van der Waals surface area contributed by atoms with Crippen molar-refractivity contribution in [3.8, 4) is 0 Å². The molecule has 20 heavy (non-hydrogen) atoms. The van der Waals surface area contributed by atoms with Crippen molar-refractivity contribution in [2.75, 3.05) is 19.6 Å². The second-order valence-electron chi connectivity index (χ2n) is 5.75. The lowest BCUT2D eigenvalue weighted by Gasteiger charge is -2.25. The molecule has 2 unspecified atom stereocenters. The van der Waals surface area contributed by atoms with Gasteiger partial charge in [0.15, 0.2) is 0 Å². The van der Waals surface area contributed by atoms with Gasteiger partial charge in [0.05, 0.1) is 5.56 Å². The number of carbonyl (C=O) groups is 1. The highest BCUT2D eigenvalue weighted by molar-refractivity contribution is 5.94. The first-order chi connectivity index (χ1) is 9.70. The summed E-state index contributed by atoms with van der Waals surface area (Å²) in [6.07, 6.45) is 7.56. The maximum atomic E-state index is 12.7. The number of nitrogens with zero attached hydrogens (tertiary/aromatic N) is 3. The fraction of sp³-hybridized carbons (Fsp3) is 0.500. The molecule has 2 aliphatic rings. The second-order valence-corrected chi connectivity index (χ2v) is 5.75. The van der Waals surface area contributed by atoms with Gasteiger partial charge in [-0.25, -0.2) is 0 Å². The Hall–Kier alpha value is -1.68. The van der Waals surface area contributed by atoms with Gasteiger partial charge in [0.1, 0.15) is 0 Å². The van der Waals surface area contributed by atoms with Crippen LogP contribution in [0.25, 0.3) is 0 Å². The van der Waals surface area contributed by atoms with Crippen LogP contribution >= 0.6 is 0 Å². The number of aryl methyl sites for hydroxylation is 1. The van der Waals surface area contributed by atoms with E-state index in [9.17, 15) is 4.79 Å². The summed E-state index contributed by atoms with van der Waals surface area (Å²) >= 11 is 0. The number of amides is 1. The summed E-state index contributed by atoms with van der Waals surface area (Å²) in [4.78, 5) is 21.3. The van der Waals surface area contributed by atoms with E-state index in [1.165, 1.54) is 0 Å². The summed E-state index contributed by atoms with van der Waals surface area (Å²) in [5.41, 5.74) is 1.75. The molecule has 4 heteroatoms. The highest BCUT2D eigenvalue weighted by Gasteiger charge is 2.43. The van der Waals surface area contributed by atoms with Gasteiger partial charge in [-0.3, -0.25) is 14.7 Å². The van der Waals surface area contributed by atoms with Gasteiger partial charge >= 0.3 is 0 Å². The number of hydrogen-bond acceptors (Lipinski definition) is 3. The zero-order chi connectivity index (χ0) is 14.1. The average Bonchev–Trinajstić information content (AvgIpc) is 3.01. The van der Waals surface area contributed by atoms with Crippen LogP contribution in [0.5, 0.6) is 0 Å². The molecular formula is C16H21N3O. The van der Waals surface area contributed by atoms with Crippen molar-refractivity contribution >= 4 is 5.91 Å². The number of rotatable bonds is 3. The molecule has 2 atom stereocenters. The molecule has 2 fully saturated rings. The maximum Gasteiger partial charge on any atom is 0.255 e. The molecule has 2 aliphatic heterocycles. The van der Waals surface area contributed by atoms with Crippen LogP contribution in [0.1, 0.15) is 28.8 Å². The monoisotopic (exact) mass is 271 g/mol. The van der Waals surface area contributed by atoms with E-state index >= 15 is 0 Å². The smallest absolute Gasteiger partial charge is 0.255 e. The number of likely N-dealkylation sites (tertiary alicyclic amines) is 2. The summed E-state index contributed by atoms with van der Waals surface area (Å²) in [7, 11) is 0. The first-order valence-electron chi connectivity index (χ1n) is 7.28. The fourth-order valence-corrected chi connectivity index (χ4v) is 3.56. The second kappa shape index (κ2) is 5.37. The molecule has 1 aromatic heterocycles. The standard InChI is InChI=1S/C16H21N3O/c1-3-6-18-7-4-15-14(18)5-8-19(15)16(20)13-9-12(2)10-17-11-13/h3,9-11,14-15H,1,4-8H2,2H3. The Labute approximate surface area is 120 Å². The Balaban J connectivity index is 1.76. The lowest BCUT2D eigenvalue weighted by atomic mass is 10.1. The number of hydrogen-bond donors (Lipinski definition) is 0. The molecule has 3 heterocycles. The number of fused-ring (bicyclic) bond motifs is 1. The van der Waals surface area contributed by atoms with Gasteiger partial charge in [-0.05, 0) is 31.4 Å². The van der Waals surface area contributed by atoms with E-state index < -0.39 is 0 Å². The van der Waals surface area contributed by atoms with E-state index in [1.807, 2.05) is 24.0 Å². The average molecular weight is 271 g/mol. The summed E-state index contributed by atoms with van der Waals surface area (Å²) < 4.78 is 0. The Morgan fingerprint density at radius 2 is 2.20 bits per heavy atom. The minimum Gasteiger partial charge on any atom is -0.334 e. The number of pyridine rings is 1. The minimum absolute atomic E-state index is 0.133. The van der Waals surface area contributed by atoms with E-state index in [1.54, 1.807) is 12.4 Å². The van der Waals surface area contributed by atoms with E-state index in [0.29, 0.717) is 17.6 Å². The SMILES string of the molecule is C=CCN1CCC2C1CCN2C(=O)c1cncc(C)c1. The predicted molar refractivity (Wildman–Crippen MR) is 78.6 cm³/mol. The summed E-state index contributed by atoms with van der Waals surface area (Å²) in [6.45, 7) is 8.64. The molecule has 0 saturated carbocycles. The van der Waals surface area contributed by atoms with Crippen LogP contribution in [0.4, 0.5) is 0 Å². The lowest BCUT2D eigenvalue weighted by molar-refractivity contribution is 0.0732. The highest BCUT2D eigenvalue weighted by atomic mass is 16.2. The third-order valence-corrected chi connectivity index (χ3v) is 4.44. The summed E-state index contributed by atoms with van der Waals surface area (Å²) in [5.74, 6) is 0.133. The normalized spacial score (nSPS) is 25.8. The molecule has 0 aromatic carbocycles. The quantitative estimate of drug-likeness (QED) is 0.787. The largest absolute Gasteiger partial charge is 0.334 e. The Morgan fingerprint density at radius 3 is 2.95 bits per heavy atom. The van der Waals surface area contributed by atoms with Gasteiger partial charge in [0.25, 0.3) is 5.91 Å². The van der Waals surface area contributed by atoms with E-state index in [2.05, 4.69) is 16.5 Å². The van der Waals surface area contributed by atoms with Crippen LogP contribution in [0.15, 0.2) is 31.1 Å². The van der Waals surface area contributed by atoms with Gasteiger partial charge < -0.3 is 4.90 Å². The van der Waals surface area contributed by atoms with Crippen molar-refractivity contribution in [2.45, 2.75) is 31.8 Å². The first-order valence-corrected chi connectivity index (χ1v) is 7.28. The van der Waals surface area contributed by atoms with Crippen molar-refractivity contribution in [1.29, 1.82) is 0 Å². The topological polar surface area (TPSA) is 36.4 Å². The zero-order valence-corrected chi connectivity index (χ0v) is 12.0. The van der Waals surface area contributed by atoms with E-state index in [0.717, 1.165) is 38.0 Å². The third-order valence-electron chi connectivity index (χ3n) is 4.44. The van der Waals surface area contributed by atoms with Crippen molar-refractivity contribution < 1.29 is 4.79 Å². The van der Waals surface area contributed by atoms with Crippen LogP contribution in [-0.4, -0.2) is 52.4 Å². The molecule has 1 aromatic rings. The summed E-state index contributed by atoms with van der Waals surface area (Å²) in [6, 6.07) is 2.80. The molecule has 106 valence electrons. The Morgan fingerprint density at radius 1 is 1.40 bits per heavy atom. The number of carbonyl (C=O) groups excluding carboxylic acids is 1. The van der Waals surface area contributed by atoms with Gasteiger partial charge in [-0.1, -0.05) is 6.08 Å². The maximum absolute atomic E-state index is 12.7. The molecule has 0 N–H and O–H groups in total. The minimum atomic E-state index is 0.133. The van der Waals surface area contributed by atoms with E-state index in [-0.39, 0.29) is 5.91 Å². The van der Waals surface area contributed by atoms with Crippen molar-refractivity contribution in [3.63, 3.8) is 0 Å². The van der Waals surface area contributed by atoms with E-state index in [4.69, 9.17) is 0 Å². The molecule has 0 spiro atoms. The van der Waals surface area contributed by atoms with Crippen molar-refractivity contribution in [3.05, 3.63) is 42.2 Å². The van der Waals surface area contributed by atoms with Gasteiger partial charge in [-0.15, -0.1) is 6.58 Å². The van der Waals surface area contributed by atoms with Crippen LogP contribution in [0.2, 0.25) is 0 Å². The zero-order valence-electron chi connectivity index (χ0n) is 12.0. The van der Waals surface area contributed by atoms with Gasteiger partial charge in [0, 0.05) is 44.1 Å². The third kappa shape index (κ3) is 2.24. The number of aromatic nitrogens is 1. The Bertz CT molecular complexity index is 528. The van der Waals surface area contributed by atoms with Crippen LogP contribution in [-0.2, 0) is 0 Å². The molecule has 4 nitrogen and oxygen atoms in total. The molecular weight excluding hydrogens is 250 g/mol. The lowest BCUT2D eigenvalue weighted by Crippen LogP contribution is -2.39. The summed E-state index contributed by atoms with van der Waals surface area (Å²) in [5, 5.41) is 0.